The van der Waals surface area contributed by atoms with Gasteiger partial charge in [-0.05, 0) is 23.9 Å². The van der Waals surface area contributed by atoms with Gasteiger partial charge in [-0.2, -0.15) is 5.26 Å². The summed E-state index contributed by atoms with van der Waals surface area (Å²) < 4.78 is 0. The average Bonchev–Trinajstić information content (AvgIpc) is 2.39. The zero-order valence-corrected chi connectivity index (χ0v) is 11.1. The molecule has 0 saturated heterocycles. The summed E-state index contributed by atoms with van der Waals surface area (Å²) in [5.74, 6) is 0. The summed E-state index contributed by atoms with van der Waals surface area (Å²) in [7, 11) is 0. The molecule has 18 heavy (non-hydrogen) atoms. The highest BCUT2D eigenvalue weighted by molar-refractivity contribution is 8.00. The van der Waals surface area contributed by atoms with E-state index in [-0.39, 0.29) is 6.61 Å². The Hall–Kier alpha value is -1.50. The van der Waals surface area contributed by atoms with Gasteiger partial charge in [0.1, 0.15) is 0 Å². The van der Waals surface area contributed by atoms with E-state index in [1.54, 1.807) is 11.8 Å². The summed E-state index contributed by atoms with van der Waals surface area (Å²) in [6.07, 6.45) is 0.777. The number of aliphatic hydroxyl groups excluding tert-OH is 1. The first kappa shape index (κ1) is 12.9. The highest BCUT2D eigenvalue weighted by Crippen LogP contribution is 2.33. The van der Waals surface area contributed by atoms with Gasteiger partial charge >= 0.3 is 0 Å². The van der Waals surface area contributed by atoms with Crippen LogP contribution in [0.25, 0.3) is 10.8 Å². The fraction of sp³-hybridized carbons (Fsp3) is 0.267. The van der Waals surface area contributed by atoms with Gasteiger partial charge in [-0.1, -0.05) is 31.2 Å². The second kappa shape index (κ2) is 5.90. The number of nitrogens with zero attached hydrogens (tertiary/aromatic N) is 1. The predicted octanol–water partition coefficient (Wildman–Crippen LogP) is 3.57. The monoisotopic (exact) mass is 257 g/mol. The van der Waals surface area contributed by atoms with Crippen molar-refractivity contribution in [3.05, 3.63) is 42.0 Å². The van der Waals surface area contributed by atoms with Crippen LogP contribution < -0.4 is 0 Å². The van der Waals surface area contributed by atoms with Crippen molar-refractivity contribution in [2.45, 2.75) is 23.5 Å². The zero-order valence-electron chi connectivity index (χ0n) is 10.3. The molecule has 1 atom stereocenters. The minimum Gasteiger partial charge on any atom is -0.396 e. The molecule has 0 aliphatic rings. The summed E-state index contributed by atoms with van der Waals surface area (Å²) in [5.41, 5.74) is 0.713. The van der Waals surface area contributed by atoms with Gasteiger partial charge in [-0.25, -0.2) is 0 Å². The lowest BCUT2D eigenvalue weighted by Gasteiger charge is -2.12. The van der Waals surface area contributed by atoms with E-state index in [0.29, 0.717) is 10.8 Å². The van der Waals surface area contributed by atoms with Crippen molar-refractivity contribution < 1.29 is 5.11 Å². The maximum Gasteiger partial charge on any atom is 0.0998 e. The molecule has 2 aromatic rings. The van der Waals surface area contributed by atoms with Gasteiger partial charge in [-0.3, -0.25) is 0 Å². The Kier molecular flexibility index (Phi) is 4.24. The number of fused-ring (bicyclic) bond motifs is 1. The Balaban J connectivity index is 2.44. The van der Waals surface area contributed by atoms with Crippen LogP contribution in [0.2, 0.25) is 0 Å². The number of thioether (sulfide) groups is 1. The van der Waals surface area contributed by atoms with Crippen molar-refractivity contribution in [3.8, 4) is 6.07 Å². The van der Waals surface area contributed by atoms with Crippen LogP contribution in [0.15, 0.2) is 41.3 Å². The molecule has 2 aromatic carbocycles. The van der Waals surface area contributed by atoms with Crippen molar-refractivity contribution in [1.29, 1.82) is 5.26 Å². The molecule has 0 amide bonds. The van der Waals surface area contributed by atoms with E-state index in [1.165, 1.54) is 4.90 Å². The van der Waals surface area contributed by atoms with Gasteiger partial charge in [0.25, 0.3) is 0 Å². The molecule has 0 aliphatic heterocycles. The van der Waals surface area contributed by atoms with E-state index in [2.05, 4.69) is 13.0 Å². The van der Waals surface area contributed by atoms with Crippen molar-refractivity contribution in [2.24, 2.45) is 0 Å². The molecule has 3 heteroatoms. The van der Waals surface area contributed by atoms with E-state index >= 15 is 0 Å². The fourth-order valence-corrected chi connectivity index (χ4v) is 3.04. The highest BCUT2D eigenvalue weighted by Gasteiger charge is 2.09. The minimum absolute atomic E-state index is 0.211. The lowest BCUT2D eigenvalue weighted by molar-refractivity contribution is 0.289. The first-order valence-electron chi connectivity index (χ1n) is 5.95. The Labute approximate surface area is 111 Å². The van der Waals surface area contributed by atoms with Crippen LogP contribution in [0.3, 0.4) is 0 Å². The molecular formula is C15H15NOS. The molecule has 2 rings (SSSR count). The molecule has 1 N–H and O–H groups in total. The Morgan fingerprint density at radius 1 is 1.22 bits per heavy atom. The van der Waals surface area contributed by atoms with Crippen molar-refractivity contribution in [1.82, 2.24) is 0 Å². The second-order valence-corrected chi connectivity index (χ2v) is 5.69. The third kappa shape index (κ3) is 2.66. The van der Waals surface area contributed by atoms with E-state index in [1.807, 2.05) is 36.4 Å². The van der Waals surface area contributed by atoms with Gasteiger partial charge in [0.15, 0.2) is 0 Å². The normalized spacial score (nSPS) is 12.3. The molecule has 1 unspecified atom stereocenters. The van der Waals surface area contributed by atoms with Gasteiger partial charge < -0.3 is 5.11 Å². The molecule has 92 valence electrons. The average molecular weight is 257 g/mol. The standard InChI is InChI=1S/C15H15NOS/c1-11(8-9-17)18-15-7-6-12(10-16)13-4-2-3-5-14(13)15/h2-7,11,17H,8-9H2,1H3. The number of hydrogen-bond donors (Lipinski definition) is 1. The Bertz CT molecular complexity index is 589. The third-order valence-corrected chi connectivity index (χ3v) is 4.12. The maximum absolute atomic E-state index is 9.10. The van der Waals surface area contributed by atoms with Crippen molar-refractivity contribution >= 4 is 22.5 Å². The smallest absolute Gasteiger partial charge is 0.0998 e. The molecule has 0 heterocycles. The number of benzene rings is 2. The molecule has 0 radical (unpaired) electrons. The molecule has 0 spiro atoms. The summed E-state index contributed by atoms with van der Waals surface area (Å²) >= 11 is 1.75. The van der Waals surface area contributed by atoms with E-state index in [0.717, 1.165) is 17.2 Å². The number of aliphatic hydroxyl groups is 1. The zero-order chi connectivity index (χ0) is 13.0. The molecular weight excluding hydrogens is 242 g/mol. The van der Waals surface area contributed by atoms with Crippen LogP contribution in [0.5, 0.6) is 0 Å². The third-order valence-electron chi connectivity index (χ3n) is 2.87. The topological polar surface area (TPSA) is 44.0 Å². The molecule has 0 aromatic heterocycles. The predicted molar refractivity (Wildman–Crippen MR) is 75.7 cm³/mol. The van der Waals surface area contributed by atoms with Crippen LogP contribution in [0, 0.1) is 11.3 Å². The first-order chi connectivity index (χ1) is 8.76. The second-order valence-electron chi connectivity index (χ2n) is 4.21. The quantitative estimate of drug-likeness (QED) is 0.851. The van der Waals surface area contributed by atoms with Gasteiger partial charge in [0.05, 0.1) is 11.6 Å². The van der Waals surface area contributed by atoms with Crippen LogP contribution in [-0.4, -0.2) is 17.0 Å². The van der Waals surface area contributed by atoms with Crippen LogP contribution in [0.4, 0.5) is 0 Å². The van der Waals surface area contributed by atoms with Crippen molar-refractivity contribution in [2.75, 3.05) is 6.61 Å². The van der Waals surface area contributed by atoms with Gasteiger partial charge in [0.2, 0.25) is 0 Å². The van der Waals surface area contributed by atoms with Crippen LogP contribution in [-0.2, 0) is 0 Å². The molecule has 0 bridgehead atoms. The summed E-state index contributed by atoms with van der Waals surface area (Å²) in [5, 5.41) is 20.5. The lowest BCUT2D eigenvalue weighted by Crippen LogP contribution is -1.99. The lowest BCUT2D eigenvalue weighted by atomic mass is 10.1. The molecule has 2 nitrogen and oxygen atoms in total. The molecule has 0 saturated carbocycles. The van der Waals surface area contributed by atoms with Gasteiger partial charge in [-0.15, -0.1) is 11.8 Å². The Morgan fingerprint density at radius 2 is 1.94 bits per heavy atom. The van der Waals surface area contributed by atoms with Crippen molar-refractivity contribution in [3.63, 3.8) is 0 Å². The summed E-state index contributed by atoms with van der Waals surface area (Å²) in [6, 6.07) is 14.1. The van der Waals surface area contributed by atoms with Crippen LogP contribution in [0.1, 0.15) is 18.9 Å². The van der Waals surface area contributed by atoms with E-state index < -0.39 is 0 Å². The number of rotatable bonds is 4. The summed E-state index contributed by atoms with van der Waals surface area (Å²) in [4.78, 5) is 1.17. The highest BCUT2D eigenvalue weighted by atomic mass is 32.2. The summed E-state index contributed by atoms with van der Waals surface area (Å²) in [6.45, 7) is 2.32. The SMILES string of the molecule is CC(CCO)Sc1ccc(C#N)c2ccccc12. The Morgan fingerprint density at radius 3 is 2.61 bits per heavy atom. The molecule has 0 aliphatic carbocycles. The van der Waals surface area contributed by atoms with E-state index in [4.69, 9.17) is 10.4 Å². The minimum atomic E-state index is 0.211. The number of hydrogen-bond acceptors (Lipinski definition) is 3. The van der Waals surface area contributed by atoms with Gasteiger partial charge in [0, 0.05) is 22.1 Å². The number of nitriles is 1. The molecule has 0 fully saturated rings. The fourth-order valence-electron chi connectivity index (χ4n) is 1.93. The van der Waals surface area contributed by atoms with Crippen LogP contribution >= 0.6 is 11.8 Å². The van der Waals surface area contributed by atoms with E-state index in [9.17, 15) is 0 Å². The maximum atomic E-state index is 9.10. The largest absolute Gasteiger partial charge is 0.396 e. The first-order valence-corrected chi connectivity index (χ1v) is 6.83.